The Morgan fingerprint density at radius 1 is 1.14 bits per heavy atom. The first-order valence-corrected chi connectivity index (χ1v) is 6.25. The van der Waals surface area contributed by atoms with E-state index in [1.165, 1.54) is 18.2 Å². The van der Waals surface area contributed by atoms with E-state index in [-0.39, 0.29) is 11.2 Å². The van der Waals surface area contributed by atoms with E-state index in [0.717, 1.165) is 5.69 Å². The third-order valence-corrected chi connectivity index (χ3v) is 3.03. The van der Waals surface area contributed by atoms with Crippen LogP contribution in [0.15, 0.2) is 57.6 Å². The Kier molecular flexibility index (Phi) is 3.23. The summed E-state index contributed by atoms with van der Waals surface area (Å²) in [6, 6.07) is 9.40. The van der Waals surface area contributed by atoms with Crippen LogP contribution in [0.2, 0.25) is 0 Å². The fraction of sp³-hybridized carbons (Fsp3) is 0.0714. The average molecular weight is 285 g/mol. The molecule has 0 spiro atoms. The van der Waals surface area contributed by atoms with E-state index in [2.05, 4.69) is 20.4 Å². The topological polar surface area (TPSA) is 78.3 Å². The molecule has 0 saturated heterocycles. The monoisotopic (exact) mass is 285 g/mol. The van der Waals surface area contributed by atoms with Crippen molar-refractivity contribution in [1.29, 1.82) is 0 Å². The van der Waals surface area contributed by atoms with Crippen LogP contribution in [0.4, 0.5) is 15.8 Å². The van der Waals surface area contributed by atoms with Gasteiger partial charge in [0, 0.05) is 19.3 Å². The number of azo groups is 1. The second kappa shape index (κ2) is 5.20. The van der Waals surface area contributed by atoms with Gasteiger partial charge in [-0.3, -0.25) is 15.0 Å². The van der Waals surface area contributed by atoms with Crippen LogP contribution in [0, 0.1) is 5.82 Å². The van der Waals surface area contributed by atoms with Crippen molar-refractivity contribution >= 4 is 11.4 Å². The van der Waals surface area contributed by atoms with E-state index < -0.39 is 5.82 Å². The zero-order chi connectivity index (χ0) is 14.8. The predicted octanol–water partition coefficient (Wildman–Crippen LogP) is 3.26. The molecule has 2 aromatic heterocycles. The first-order chi connectivity index (χ1) is 10.1. The second-order valence-corrected chi connectivity index (χ2v) is 4.49. The quantitative estimate of drug-likeness (QED) is 0.712. The lowest BCUT2D eigenvalue weighted by atomic mass is 10.3. The molecule has 106 valence electrons. The van der Waals surface area contributed by atoms with Crippen molar-refractivity contribution in [2.24, 2.45) is 17.3 Å². The number of hydrogen-bond donors (Lipinski definition) is 2. The lowest BCUT2D eigenvalue weighted by Gasteiger charge is -2.00. The Balaban J connectivity index is 2.02. The summed E-state index contributed by atoms with van der Waals surface area (Å²) in [6.45, 7) is 0. The Bertz CT molecular complexity index is 858. The maximum Gasteiger partial charge on any atom is 0.292 e. The van der Waals surface area contributed by atoms with E-state index in [1.54, 1.807) is 6.07 Å². The van der Waals surface area contributed by atoms with Crippen LogP contribution >= 0.6 is 0 Å². The molecule has 0 aliphatic carbocycles. The SMILES string of the molecule is Cn1cccc1-c1[nH][nH]c(=O)c1N=Nc1cccc(F)c1. The van der Waals surface area contributed by atoms with Crippen LogP contribution in [-0.2, 0) is 7.05 Å². The number of aryl methyl sites for hydroxylation is 1. The van der Waals surface area contributed by atoms with E-state index in [1.807, 2.05) is 29.9 Å². The molecule has 0 radical (unpaired) electrons. The van der Waals surface area contributed by atoms with E-state index >= 15 is 0 Å². The Labute approximate surface area is 119 Å². The van der Waals surface area contributed by atoms with Gasteiger partial charge in [-0.1, -0.05) is 6.07 Å². The number of benzene rings is 1. The van der Waals surface area contributed by atoms with Crippen molar-refractivity contribution in [2.45, 2.75) is 0 Å². The van der Waals surface area contributed by atoms with Gasteiger partial charge in [0.15, 0.2) is 5.69 Å². The maximum absolute atomic E-state index is 13.1. The van der Waals surface area contributed by atoms with Gasteiger partial charge in [0.1, 0.15) is 11.5 Å². The number of aromatic amines is 2. The molecule has 0 saturated carbocycles. The zero-order valence-electron chi connectivity index (χ0n) is 11.2. The molecule has 0 fully saturated rings. The fourth-order valence-corrected chi connectivity index (χ4v) is 2.00. The minimum absolute atomic E-state index is 0.154. The molecule has 7 heteroatoms. The Morgan fingerprint density at radius 3 is 2.71 bits per heavy atom. The Morgan fingerprint density at radius 2 is 2.00 bits per heavy atom. The van der Waals surface area contributed by atoms with Crippen molar-refractivity contribution in [3.63, 3.8) is 0 Å². The highest BCUT2D eigenvalue weighted by Gasteiger charge is 2.13. The standard InChI is InChI=1S/C14H12FN5O/c1-20-7-3-6-11(20)12-13(14(21)19-17-12)18-16-10-5-2-4-9(15)8-10/h2-8H,1H3,(H2,17,19,21). The normalized spacial score (nSPS) is 11.3. The van der Waals surface area contributed by atoms with Crippen LogP contribution in [-0.4, -0.2) is 14.8 Å². The largest absolute Gasteiger partial charge is 0.349 e. The van der Waals surface area contributed by atoms with E-state index in [9.17, 15) is 9.18 Å². The number of halogens is 1. The highest BCUT2D eigenvalue weighted by Crippen LogP contribution is 2.26. The summed E-state index contributed by atoms with van der Waals surface area (Å²) in [7, 11) is 1.86. The first kappa shape index (κ1) is 13.0. The zero-order valence-corrected chi connectivity index (χ0v) is 11.2. The average Bonchev–Trinajstić information content (AvgIpc) is 3.03. The number of H-pyrrole nitrogens is 2. The van der Waals surface area contributed by atoms with Crippen LogP contribution in [0.1, 0.15) is 0 Å². The molecule has 6 nitrogen and oxygen atoms in total. The smallest absolute Gasteiger partial charge is 0.292 e. The molecule has 0 aliphatic heterocycles. The molecule has 21 heavy (non-hydrogen) atoms. The molecule has 0 amide bonds. The van der Waals surface area contributed by atoms with Crippen molar-refractivity contribution in [3.8, 4) is 11.4 Å². The van der Waals surface area contributed by atoms with Gasteiger partial charge in [0.05, 0.1) is 11.4 Å². The maximum atomic E-state index is 13.1. The van der Waals surface area contributed by atoms with Crippen molar-refractivity contribution < 1.29 is 4.39 Å². The molecule has 2 heterocycles. The molecule has 1 aromatic carbocycles. The van der Waals surface area contributed by atoms with Crippen LogP contribution < -0.4 is 5.56 Å². The second-order valence-electron chi connectivity index (χ2n) is 4.49. The van der Waals surface area contributed by atoms with Crippen LogP contribution in [0.25, 0.3) is 11.4 Å². The summed E-state index contributed by atoms with van der Waals surface area (Å²) in [5.74, 6) is -0.405. The summed E-state index contributed by atoms with van der Waals surface area (Å²) in [6.07, 6.45) is 1.86. The molecular weight excluding hydrogens is 273 g/mol. The van der Waals surface area contributed by atoms with Crippen LogP contribution in [0.3, 0.4) is 0 Å². The van der Waals surface area contributed by atoms with Gasteiger partial charge in [-0.05, 0) is 24.3 Å². The van der Waals surface area contributed by atoms with Gasteiger partial charge in [-0.2, -0.15) is 5.11 Å². The summed E-state index contributed by atoms with van der Waals surface area (Å²) in [5, 5.41) is 13.1. The molecule has 0 bridgehead atoms. The van der Waals surface area contributed by atoms with Gasteiger partial charge < -0.3 is 4.57 Å². The Hall–Kier alpha value is -2.96. The molecule has 2 N–H and O–H groups in total. The molecule has 3 rings (SSSR count). The summed E-state index contributed by atoms with van der Waals surface area (Å²) in [5.41, 5.74) is 1.44. The number of hydrogen-bond acceptors (Lipinski definition) is 3. The number of rotatable bonds is 3. The highest BCUT2D eigenvalue weighted by atomic mass is 19.1. The van der Waals surface area contributed by atoms with Gasteiger partial charge in [-0.15, -0.1) is 5.11 Å². The molecule has 0 aliphatic rings. The van der Waals surface area contributed by atoms with Crippen molar-refractivity contribution in [3.05, 3.63) is 58.8 Å². The minimum Gasteiger partial charge on any atom is -0.349 e. The minimum atomic E-state index is -0.405. The molecule has 0 atom stereocenters. The van der Waals surface area contributed by atoms with E-state index in [0.29, 0.717) is 11.4 Å². The molecule has 3 aromatic rings. The number of nitrogens with one attached hydrogen (secondary N) is 2. The van der Waals surface area contributed by atoms with Gasteiger partial charge in [0.25, 0.3) is 5.56 Å². The molecule has 0 unspecified atom stereocenters. The lowest BCUT2D eigenvalue weighted by molar-refractivity contribution is 0.628. The lowest BCUT2D eigenvalue weighted by Crippen LogP contribution is -1.96. The van der Waals surface area contributed by atoms with Crippen molar-refractivity contribution in [2.75, 3.05) is 0 Å². The van der Waals surface area contributed by atoms with Gasteiger partial charge in [-0.25, -0.2) is 4.39 Å². The van der Waals surface area contributed by atoms with Crippen molar-refractivity contribution in [1.82, 2.24) is 14.8 Å². The van der Waals surface area contributed by atoms with E-state index in [4.69, 9.17) is 0 Å². The number of nitrogens with zero attached hydrogens (tertiary/aromatic N) is 3. The van der Waals surface area contributed by atoms with Gasteiger partial charge >= 0.3 is 0 Å². The van der Waals surface area contributed by atoms with Crippen LogP contribution in [0.5, 0.6) is 0 Å². The highest BCUT2D eigenvalue weighted by molar-refractivity contribution is 5.68. The number of aromatic nitrogens is 3. The van der Waals surface area contributed by atoms with Gasteiger partial charge in [0.2, 0.25) is 0 Å². The first-order valence-electron chi connectivity index (χ1n) is 6.25. The summed E-state index contributed by atoms with van der Waals surface area (Å²) >= 11 is 0. The third-order valence-electron chi connectivity index (χ3n) is 3.03. The summed E-state index contributed by atoms with van der Waals surface area (Å²) < 4.78 is 14.9. The third kappa shape index (κ3) is 2.53. The summed E-state index contributed by atoms with van der Waals surface area (Å²) in [4.78, 5) is 11.8. The predicted molar refractivity (Wildman–Crippen MR) is 76.4 cm³/mol. The fourth-order valence-electron chi connectivity index (χ4n) is 2.00. The molecular formula is C14H12FN5O.